The zero-order valence-corrected chi connectivity index (χ0v) is 22.8. The van der Waals surface area contributed by atoms with Crippen LogP contribution in [0.15, 0.2) is 48.8 Å². The Labute approximate surface area is 227 Å². The van der Waals surface area contributed by atoms with Crippen molar-refractivity contribution < 1.29 is 19.1 Å². The third-order valence-corrected chi connectivity index (χ3v) is 6.75. The Morgan fingerprint density at radius 3 is 2.66 bits per heavy atom. The van der Waals surface area contributed by atoms with Crippen LogP contribution in [0.5, 0.6) is 0 Å². The van der Waals surface area contributed by atoms with Crippen LogP contribution in [0.4, 0.5) is 4.79 Å². The number of likely N-dealkylation sites (tertiary alicyclic amines) is 1. The Hall–Kier alpha value is -3.59. The van der Waals surface area contributed by atoms with Gasteiger partial charge in [-0.3, -0.25) is 14.5 Å². The molecule has 38 heavy (non-hydrogen) atoms. The monoisotopic (exact) mass is 539 g/mol. The molecule has 202 valence electrons. The van der Waals surface area contributed by atoms with Crippen molar-refractivity contribution in [1.29, 1.82) is 0 Å². The number of nitrogens with zero attached hydrogens (tertiary/aromatic N) is 2. The molecule has 1 aliphatic rings. The highest BCUT2D eigenvalue weighted by atomic mass is 35.5. The van der Waals surface area contributed by atoms with E-state index < -0.39 is 23.8 Å². The van der Waals surface area contributed by atoms with E-state index in [9.17, 15) is 14.4 Å². The second-order valence-electron chi connectivity index (χ2n) is 10.8. The first-order chi connectivity index (χ1) is 18.0. The van der Waals surface area contributed by atoms with E-state index >= 15 is 0 Å². The van der Waals surface area contributed by atoms with E-state index in [0.717, 1.165) is 22.9 Å². The molecular weight excluding hydrogens is 506 g/mol. The fourth-order valence-corrected chi connectivity index (χ4v) is 4.82. The van der Waals surface area contributed by atoms with Gasteiger partial charge in [0.1, 0.15) is 23.3 Å². The number of aromatic amines is 1. The number of aromatic nitrogens is 2. The summed E-state index contributed by atoms with van der Waals surface area (Å²) in [6.07, 6.45) is 4.01. The van der Waals surface area contributed by atoms with Gasteiger partial charge in [0.2, 0.25) is 11.8 Å². The van der Waals surface area contributed by atoms with E-state index in [1.807, 2.05) is 36.4 Å². The van der Waals surface area contributed by atoms with Gasteiger partial charge >= 0.3 is 6.09 Å². The summed E-state index contributed by atoms with van der Waals surface area (Å²) in [4.78, 5) is 47.8. The van der Waals surface area contributed by atoms with E-state index in [2.05, 4.69) is 20.6 Å². The molecule has 2 aromatic heterocycles. The molecule has 3 N–H and O–H groups in total. The van der Waals surface area contributed by atoms with Crippen LogP contribution >= 0.6 is 11.6 Å². The highest BCUT2D eigenvalue weighted by Crippen LogP contribution is 2.28. The van der Waals surface area contributed by atoms with Crippen molar-refractivity contribution in [3.8, 4) is 0 Å². The number of nitrogens with one attached hydrogen (secondary N) is 3. The number of carbonyl (C=O) groups excluding carboxylic acids is 3. The smallest absolute Gasteiger partial charge is 0.410 e. The number of rotatable bonds is 7. The van der Waals surface area contributed by atoms with E-state index in [4.69, 9.17) is 16.3 Å². The van der Waals surface area contributed by atoms with Crippen LogP contribution in [-0.4, -0.2) is 57.0 Å². The van der Waals surface area contributed by atoms with Crippen molar-refractivity contribution in [2.45, 2.75) is 64.8 Å². The summed E-state index contributed by atoms with van der Waals surface area (Å²) >= 11 is 6.16. The van der Waals surface area contributed by atoms with Gasteiger partial charge in [0.25, 0.3) is 0 Å². The second-order valence-corrected chi connectivity index (χ2v) is 11.2. The number of halogens is 1. The minimum absolute atomic E-state index is 0.0903. The lowest BCUT2D eigenvalue weighted by Crippen LogP contribution is -2.52. The summed E-state index contributed by atoms with van der Waals surface area (Å²) in [6, 6.07) is 10.3. The molecule has 0 spiro atoms. The maximum absolute atomic E-state index is 13.3. The molecule has 1 saturated heterocycles. The molecule has 0 bridgehead atoms. The zero-order chi connectivity index (χ0) is 27.4. The molecule has 9 nitrogen and oxygen atoms in total. The molecule has 0 saturated carbocycles. The van der Waals surface area contributed by atoms with E-state index in [1.54, 1.807) is 40.1 Å². The lowest BCUT2D eigenvalue weighted by molar-refractivity contribution is -0.131. The first kappa shape index (κ1) is 27.4. The summed E-state index contributed by atoms with van der Waals surface area (Å²) in [6.45, 7) is 7.63. The largest absolute Gasteiger partial charge is 0.444 e. The maximum Gasteiger partial charge on any atom is 0.410 e. The predicted octanol–water partition coefficient (Wildman–Crippen LogP) is 4.21. The molecule has 3 heterocycles. The first-order valence-electron chi connectivity index (χ1n) is 12.7. The number of carbonyl (C=O) groups is 3. The normalized spacial score (nSPS) is 18.3. The Morgan fingerprint density at radius 1 is 1.21 bits per heavy atom. The van der Waals surface area contributed by atoms with Crippen LogP contribution in [0.1, 0.15) is 45.2 Å². The van der Waals surface area contributed by atoms with Crippen LogP contribution in [-0.2, 0) is 27.3 Å². The molecule has 3 amide bonds. The van der Waals surface area contributed by atoms with Gasteiger partial charge < -0.3 is 20.4 Å². The maximum atomic E-state index is 13.3. The van der Waals surface area contributed by atoms with Crippen LogP contribution in [0.3, 0.4) is 0 Å². The number of amides is 3. The second kappa shape index (κ2) is 11.4. The predicted molar refractivity (Wildman–Crippen MR) is 146 cm³/mol. The van der Waals surface area contributed by atoms with E-state index in [0.29, 0.717) is 23.6 Å². The number of pyridine rings is 1. The highest BCUT2D eigenvalue weighted by Gasteiger charge is 2.42. The molecule has 3 atom stereocenters. The Kier molecular flexibility index (Phi) is 8.26. The summed E-state index contributed by atoms with van der Waals surface area (Å²) in [5.74, 6) is -0.634. The molecule has 10 heteroatoms. The molecule has 1 fully saturated rings. The standard InChI is InChI=1S/C28H34ClN5O4/c1-17(25(35)32-14-20-11-21-22(29)15-31-24(21)30-13-20)33-26(36)23-12-19(10-18-8-6-5-7-9-18)16-34(23)27(37)38-28(2,3)4/h5-9,11,13,15,17,19,23H,10,12,14,16H2,1-4H3,(H,30,31)(H,32,35)(H,33,36)/t17-,19-,23+/m0/s1. The lowest BCUT2D eigenvalue weighted by atomic mass is 9.96. The van der Waals surface area contributed by atoms with Crippen LogP contribution in [0.25, 0.3) is 11.0 Å². The summed E-state index contributed by atoms with van der Waals surface area (Å²) in [7, 11) is 0. The van der Waals surface area contributed by atoms with Gasteiger partial charge in [0.15, 0.2) is 0 Å². The van der Waals surface area contributed by atoms with Crippen molar-refractivity contribution in [2.75, 3.05) is 6.54 Å². The average molecular weight is 540 g/mol. The minimum Gasteiger partial charge on any atom is -0.444 e. The molecule has 1 aliphatic heterocycles. The summed E-state index contributed by atoms with van der Waals surface area (Å²) in [5, 5.41) is 6.93. The molecule has 4 rings (SSSR count). The van der Waals surface area contributed by atoms with Gasteiger partial charge in [0.05, 0.1) is 5.02 Å². The Bertz CT molecular complexity index is 1300. The third kappa shape index (κ3) is 6.83. The van der Waals surface area contributed by atoms with Gasteiger partial charge in [-0.1, -0.05) is 41.9 Å². The molecule has 3 aromatic rings. The van der Waals surface area contributed by atoms with E-state index in [1.165, 1.54) is 4.90 Å². The molecule has 1 aromatic carbocycles. The van der Waals surface area contributed by atoms with Crippen LogP contribution in [0.2, 0.25) is 5.02 Å². The SMILES string of the molecule is C[C@H](NC(=O)[C@H]1C[C@H](Cc2ccccc2)CN1C(=O)OC(C)(C)C)C(=O)NCc1cnc2[nH]cc(Cl)c2c1. The Balaban J connectivity index is 1.38. The lowest BCUT2D eigenvalue weighted by Gasteiger charge is -2.28. The van der Waals surface area contributed by atoms with Crippen molar-refractivity contribution in [1.82, 2.24) is 25.5 Å². The van der Waals surface area contributed by atoms with E-state index in [-0.39, 0.29) is 24.3 Å². The molecule has 0 radical (unpaired) electrons. The third-order valence-electron chi connectivity index (χ3n) is 6.44. The van der Waals surface area contributed by atoms with Gasteiger partial charge in [-0.25, -0.2) is 9.78 Å². The highest BCUT2D eigenvalue weighted by molar-refractivity contribution is 6.35. The number of hydrogen-bond donors (Lipinski definition) is 3. The van der Waals surface area contributed by atoms with Crippen molar-refractivity contribution >= 4 is 40.5 Å². The summed E-state index contributed by atoms with van der Waals surface area (Å²) < 4.78 is 5.58. The number of H-pyrrole nitrogens is 1. The van der Waals surface area contributed by atoms with Crippen LogP contribution < -0.4 is 10.6 Å². The van der Waals surface area contributed by atoms with Gasteiger partial charge in [-0.15, -0.1) is 0 Å². The van der Waals surface area contributed by atoms with Gasteiger partial charge in [-0.2, -0.15) is 0 Å². The summed E-state index contributed by atoms with van der Waals surface area (Å²) in [5.41, 5.74) is 1.90. The van der Waals surface area contributed by atoms with Crippen molar-refractivity contribution in [2.24, 2.45) is 5.92 Å². The topological polar surface area (TPSA) is 116 Å². The number of ether oxygens (including phenoxy) is 1. The fraction of sp³-hybridized carbons (Fsp3) is 0.429. The quantitative estimate of drug-likeness (QED) is 0.416. The minimum atomic E-state index is -0.802. The van der Waals surface area contributed by atoms with Crippen LogP contribution in [0, 0.1) is 5.92 Å². The number of hydrogen-bond acceptors (Lipinski definition) is 5. The first-order valence-corrected chi connectivity index (χ1v) is 13.1. The molecular formula is C28H34ClN5O4. The molecule has 0 aliphatic carbocycles. The number of fused-ring (bicyclic) bond motifs is 1. The zero-order valence-electron chi connectivity index (χ0n) is 22.1. The van der Waals surface area contributed by atoms with Crippen molar-refractivity contribution in [3.05, 3.63) is 64.9 Å². The molecule has 0 unspecified atom stereocenters. The van der Waals surface area contributed by atoms with Gasteiger partial charge in [-0.05, 0) is 63.6 Å². The van der Waals surface area contributed by atoms with Crippen molar-refractivity contribution in [3.63, 3.8) is 0 Å². The fourth-order valence-electron chi connectivity index (χ4n) is 4.62. The van der Waals surface area contributed by atoms with Gasteiger partial charge in [0, 0.05) is 30.9 Å². The Morgan fingerprint density at radius 2 is 1.95 bits per heavy atom. The average Bonchev–Trinajstić information content (AvgIpc) is 3.45. The number of benzene rings is 1.